The van der Waals surface area contributed by atoms with Crippen LogP contribution in [0.15, 0.2) is 48.5 Å². The molecule has 8 nitrogen and oxygen atoms in total. The van der Waals surface area contributed by atoms with E-state index in [0.29, 0.717) is 17.9 Å². The van der Waals surface area contributed by atoms with Gasteiger partial charge in [-0.25, -0.2) is 9.59 Å². The van der Waals surface area contributed by atoms with Gasteiger partial charge in [0.25, 0.3) is 0 Å². The van der Waals surface area contributed by atoms with Gasteiger partial charge in [0.15, 0.2) is 0 Å². The number of rotatable bonds is 18. The van der Waals surface area contributed by atoms with E-state index in [1.165, 1.54) is 0 Å². The van der Waals surface area contributed by atoms with Crippen molar-refractivity contribution in [1.29, 1.82) is 0 Å². The Kier molecular flexibility index (Phi) is 14.3. The van der Waals surface area contributed by atoms with Crippen molar-refractivity contribution in [3.8, 4) is 11.5 Å². The third-order valence-corrected chi connectivity index (χ3v) is 5.23. The van der Waals surface area contributed by atoms with Crippen LogP contribution in [-0.4, -0.2) is 24.1 Å². The molecule has 0 spiro atoms. The van der Waals surface area contributed by atoms with E-state index in [4.69, 9.17) is 29.0 Å². The van der Waals surface area contributed by atoms with Crippen molar-refractivity contribution in [2.45, 2.75) is 91.3 Å². The van der Waals surface area contributed by atoms with Crippen LogP contribution in [0.4, 0.5) is 0 Å². The van der Waals surface area contributed by atoms with Crippen LogP contribution in [0.25, 0.3) is 0 Å². The largest absolute Gasteiger partial charge is 0.491 e. The summed E-state index contributed by atoms with van der Waals surface area (Å²) >= 11 is 0. The third-order valence-electron chi connectivity index (χ3n) is 5.23. The highest BCUT2D eigenvalue weighted by molar-refractivity contribution is 5.89. The van der Waals surface area contributed by atoms with Crippen molar-refractivity contribution in [2.24, 2.45) is 0 Å². The molecule has 0 fully saturated rings. The highest BCUT2D eigenvalue weighted by Gasteiger charge is 2.21. The number of unbranched alkanes of at least 4 members (excludes halogenated alkanes) is 6. The quantitative estimate of drug-likeness (QED) is 0.111. The fourth-order valence-electron chi connectivity index (χ4n) is 3.40. The van der Waals surface area contributed by atoms with E-state index >= 15 is 0 Å². The summed E-state index contributed by atoms with van der Waals surface area (Å²) in [5.41, 5.74) is 0.540. The molecule has 0 unspecified atom stereocenters. The Morgan fingerprint density at radius 3 is 1.39 bits per heavy atom. The predicted molar refractivity (Wildman–Crippen MR) is 143 cm³/mol. The summed E-state index contributed by atoms with van der Waals surface area (Å²) in [6.45, 7) is 11.5. The summed E-state index contributed by atoms with van der Waals surface area (Å²) in [6.07, 6.45) is 7.19. The normalized spacial score (nSPS) is 11.2. The lowest BCUT2D eigenvalue weighted by Gasteiger charge is -2.14. The molecule has 8 heteroatoms. The molecule has 0 saturated heterocycles. The molecule has 2 radical (unpaired) electrons. The van der Waals surface area contributed by atoms with Crippen LogP contribution in [-0.2, 0) is 19.6 Å². The lowest BCUT2D eigenvalue weighted by atomic mass is 10.1. The number of ether oxygens (including phenoxy) is 2. The highest BCUT2D eigenvalue weighted by Crippen LogP contribution is 2.21. The van der Waals surface area contributed by atoms with Crippen LogP contribution in [0.3, 0.4) is 0 Å². The molecule has 2 aromatic rings. The number of hydrogen-bond acceptors (Lipinski definition) is 8. The van der Waals surface area contributed by atoms with Gasteiger partial charge in [-0.2, -0.15) is 0 Å². The van der Waals surface area contributed by atoms with E-state index in [0.717, 1.165) is 38.5 Å². The number of carbonyl (C=O) groups excluding carboxylic acids is 2. The minimum Gasteiger partial charge on any atom is -0.491 e. The lowest BCUT2D eigenvalue weighted by Crippen LogP contribution is -2.16. The zero-order valence-corrected chi connectivity index (χ0v) is 22.9. The molecule has 0 aromatic heterocycles. The Labute approximate surface area is 226 Å². The van der Waals surface area contributed by atoms with Gasteiger partial charge < -0.3 is 9.47 Å². The van der Waals surface area contributed by atoms with E-state index in [9.17, 15) is 9.59 Å². The molecule has 0 N–H and O–H groups in total. The highest BCUT2D eigenvalue weighted by atomic mass is 17.3. The maximum absolute atomic E-state index is 12.4. The van der Waals surface area contributed by atoms with Gasteiger partial charge in [0.05, 0.1) is 23.3 Å². The van der Waals surface area contributed by atoms with Crippen LogP contribution in [0.1, 0.15) is 99.8 Å². The SMILES string of the molecule is [CH2]CCCCCCCC[C](OOC(=O)c1ccc(OC(C)C)cc1)OOC(=O)c1ccc(OC(C)C)cc1. The fraction of sp³-hybridized carbons (Fsp3) is 0.467. The molecular weight excluding hydrogens is 488 g/mol. The molecule has 0 bridgehead atoms. The van der Waals surface area contributed by atoms with Crippen molar-refractivity contribution >= 4 is 11.9 Å². The zero-order valence-electron chi connectivity index (χ0n) is 22.9. The monoisotopic (exact) mass is 528 g/mol. The molecule has 0 amide bonds. The van der Waals surface area contributed by atoms with E-state index in [-0.39, 0.29) is 36.0 Å². The van der Waals surface area contributed by atoms with Crippen LogP contribution in [0, 0.1) is 13.2 Å². The van der Waals surface area contributed by atoms with Crippen LogP contribution >= 0.6 is 0 Å². The van der Waals surface area contributed by atoms with Crippen molar-refractivity contribution in [1.82, 2.24) is 0 Å². The number of carbonyl (C=O) groups is 2. The maximum Gasteiger partial charge on any atom is 0.373 e. The summed E-state index contributed by atoms with van der Waals surface area (Å²) < 4.78 is 11.2. The standard InChI is InChI=1S/C30H40O8/c1-6-7-8-9-10-11-12-13-28(35-37-29(31)24-14-18-26(19-15-24)33-22(2)3)36-38-30(32)25-16-20-27(21-17-25)34-23(4)5/h14-23H,1,6-13H2,2-5H3. The first kappa shape index (κ1) is 31.1. The van der Waals surface area contributed by atoms with Gasteiger partial charge in [-0.05, 0) is 82.6 Å². The van der Waals surface area contributed by atoms with Crippen molar-refractivity contribution < 1.29 is 38.6 Å². The number of benzene rings is 2. The minimum atomic E-state index is -0.720. The van der Waals surface area contributed by atoms with Gasteiger partial charge in [-0.1, -0.05) is 45.4 Å². The average Bonchev–Trinajstić information content (AvgIpc) is 2.89. The molecule has 0 heterocycles. The van der Waals surface area contributed by atoms with Gasteiger partial charge in [-0.15, -0.1) is 9.78 Å². The molecule has 38 heavy (non-hydrogen) atoms. The third kappa shape index (κ3) is 12.4. The summed E-state index contributed by atoms with van der Waals surface area (Å²) in [4.78, 5) is 45.1. The molecule has 0 aliphatic rings. The Bertz CT molecular complexity index is 868. The van der Waals surface area contributed by atoms with Crippen molar-refractivity contribution in [3.05, 3.63) is 72.9 Å². The summed E-state index contributed by atoms with van der Waals surface area (Å²) in [6, 6.07) is 13.0. The van der Waals surface area contributed by atoms with E-state index in [2.05, 4.69) is 6.92 Å². The molecule has 0 aliphatic heterocycles. The van der Waals surface area contributed by atoms with Crippen LogP contribution < -0.4 is 9.47 Å². The van der Waals surface area contributed by atoms with Gasteiger partial charge in [0.1, 0.15) is 11.5 Å². The molecule has 2 rings (SSSR count). The Morgan fingerprint density at radius 2 is 1.00 bits per heavy atom. The number of hydrogen-bond donors (Lipinski definition) is 0. The van der Waals surface area contributed by atoms with Gasteiger partial charge in [-0.3, -0.25) is 9.78 Å². The minimum absolute atomic E-state index is 0.0168. The first-order valence-electron chi connectivity index (χ1n) is 13.2. The molecule has 0 saturated carbocycles. The average molecular weight is 529 g/mol. The van der Waals surface area contributed by atoms with Crippen LogP contribution in [0.2, 0.25) is 0 Å². The maximum atomic E-state index is 12.4. The topological polar surface area (TPSA) is 89.5 Å². The second-order valence-corrected chi connectivity index (χ2v) is 9.39. The Balaban J connectivity index is 1.90. The van der Waals surface area contributed by atoms with E-state index in [1.807, 2.05) is 27.7 Å². The van der Waals surface area contributed by atoms with Gasteiger partial charge >= 0.3 is 18.2 Å². The zero-order chi connectivity index (χ0) is 27.8. The van der Waals surface area contributed by atoms with Gasteiger partial charge in [0, 0.05) is 6.42 Å². The summed E-state index contributed by atoms with van der Waals surface area (Å²) in [5.74, 6) is -0.164. The smallest absolute Gasteiger partial charge is 0.373 e. The first-order chi connectivity index (χ1) is 18.3. The Hall–Kier alpha value is -3.10. The molecule has 0 aliphatic carbocycles. The predicted octanol–water partition coefficient (Wildman–Crippen LogP) is 7.58. The molecular formula is C30H40O8. The summed E-state index contributed by atoms with van der Waals surface area (Å²) in [5, 5.41) is 0. The molecule has 0 atom stereocenters. The molecule has 208 valence electrons. The van der Waals surface area contributed by atoms with Crippen molar-refractivity contribution in [2.75, 3.05) is 0 Å². The lowest BCUT2D eigenvalue weighted by molar-refractivity contribution is -0.363. The summed E-state index contributed by atoms with van der Waals surface area (Å²) in [7, 11) is 0. The first-order valence-corrected chi connectivity index (χ1v) is 13.2. The van der Waals surface area contributed by atoms with Gasteiger partial charge in [0.2, 0.25) is 0 Å². The van der Waals surface area contributed by atoms with Crippen molar-refractivity contribution in [3.63, 3.8) is 0 Å². The fourth-order valence-corrected chi connectivity index (χ4v) is 3.40. The van der Waals surface area contributed by atoms with Crippen LogP contribution in [0.5, 0.6) is 11.5 Å². The second-order valence-electron chi connectivity index (χ2n) is 9.39. The van der Waals surface area contributed by atoms with E-state index < -0.39 is 11.9 Å². The van der Waals surface area contributed by atoms with E-state index in [1.54, 1.807) is 48.5 Å². The second kappa shape index (κ2) is 17.4. The Morgan fingerprint density at radius 1 is 0.605 bits per heavy atom. The molecule has 2 aromatic carbocycles.